The topological polar surface area (TPSA) is 109 Å². The number of piperidine rings is 1. The van der Waals surface area contributed by atoms with Crippen LogP contribution in [0.4, 0.5) is 0 Å². The molecule has 1 aromatic heterocycles. The number of amides is 2. The van der Waals surface area contributed by atoms with Gasteiger partial charge in [-0.05, 0) is 25.8 Å². The fourth-order valence-electron chi connectivity index (χ4n) is 3.80. The summed E-state index contributed by atoms with van der Waals surface area (Å²) in [5.74, 6) is -1.09. The molecule has 1 saturated heterocycles. The highest BCUT2D eigenvalue weighted by molar-refractivity contribution is 7.89. The summed E-state index contributed by atoms with van der Waals surface area (Å²) in [6.07, 6.45) is 2.48. The zero-order chi connectivity index (χ0) is 24.1. The molecule has 1 fully saturated rings. The average Bonchev–Trinajstić information content (AvgIpc) is 3.16. The van der Waals surface area contributed by atoms with E-state index < -0.39 is 15.9 Å². The zero-order valence-electron chi connectivity index (χ0n) is 19.5. The van der Waals surface area contributed by atoms with Crippen LogP contribution in [0.15, 0.2) is 17.2 Å². The maximum absolute atomic E-state index is 12.9. The van der Waals surface area contributed by atoms with E-state index in [-0.39, 0.29) is 34.9 Å². The number of esters is 1. The Morgan fingerprint density at radius 2 is 1.72 bits per heavy atom. The summed E-state index contributed by atoms with van der Waals surface area (Å²) in [5.41, 5.74) is 0.187. The molecule has 0 radical (unpaired) electrons. The number of carbonyl (C=O) groups is 3. The molecule has 2 heterocycles. The van der Waals surface area contributed by atoms with Crippen LogP contribution in [-0.2, 0) is 31.4 Å². The van der Waals surface area contributed by atoms with Crippen molar-refractivity contribution in [3.8, 4) is 0 Å². The Bertz CT molecular complexity index is 930. The minimum atomic E-state index is -3.69. The Morgan fingerprint density at radius 1 is 1.12 bits per heavy atom. The minimum Gasteiger partial charge on any atom is -0.466 e. The van der Waals surface area contributed by atoms with Gasteiger partial charge in [0, 0.05) is 46.5 Å². The first-order chi connectivity index (χ1) is 15.1. The van der Waals surface area contributed by atoms with Gasteiger partial charge in [-0.2, -0.15) is 4.31 Å². The molecule has 0 N–H and O–H groups in total. The van der Waals surface area contributed by atoms with E-state index in [1.165, 1.54) is 33.1 Å². The number of likely N-dealkylation sites (tertiary alicyclic amines) is 1. The molecule has 0 atom stereocenters. The van der Waals surface area contributed by atoms with Crippen LogP contribution in [0.2, 0.25) is 0 Å². The molecule has 1 aliphatic rings. The van der Waals surface area contributed by atoms with Crippen LogP contribution in [0.5, 0.6) is 0 Å². The van der Waals surface area contributed by atoms with Crippen molar-refractivity contribution in [2.45, 2.75) is 38.5 Å². The number of carbonyl (C=O) groups excluding carboxylic acids is 3. The maximum Gasteiger partial charge on any atom is 0.309 e. The molecule has 180 valence electrons. The van der Waals surface area contributed by atoms with Crippen molar-refractivity contribution >= 4 is 27.8 Å². The number of aromatic nitrogens is 1. The second-order valence-corrected chi connectivity index (χ2v) is 9.77. The van der Waals surface area contributed by atoms with Gasteiger partial charge in [0.15, 0.2) is 0 Å². The molecule has 1 aromatic rings. The lowest BCUT2D eigenvalue weighted by Gasteiger charge is -2.32. The summed E-state index contributed by atoms with van der Waals surface area (Å²) in [6.45, 7) is 7.00. The SMILES string of the molecule is CCOC(=O)C1CCN(C(=O)CN(C)C(=O)c2cc(S(=O)(=O)N(CC)CC)cn2C)CC1. The van der Waals surface area contributed by atoms with Crippen molar-refractivity contribution < 1.29 is 27.5 Å². The highest BCUT2D eigenvalue weighted by atomic mass is 32.2. The summed E-state index contributed by atoms with van der Waals surface area (Å²) >= 11 is 0. The van der Waals surface area contributed by atoms with Crippen molar-refractivity contribution in [2.24, 2.45) is 13.0 Å². The number of hydrogen-bond acceptors (Lipinski definition) is 6. The Hall–Kier alpha value is -2.40. The molecule has 0 spiro atoms. The minimum absolute atomic E-state index is 0.0489. The van der Waals surface area contributed by atoms with Crippen molar-refractivity contribution in [3.05, 3.63) is 18.0 Å². The van der Waals surface area contributed by atoms with E-state index in [1.807, 2.05) is 0 Å². The Labute approximate surface area is 190 Å². The van der Waals surface area contributed by atoms with Crippen LogP contribution in [-0.4, -0.2) is 91.3 Å². The molecule has 2 amide bonds. The third kappa shape index (κ3) is 5.69. The maximum atomic E-state index is 12.9. The van der Waals surface area contributed by atoms with Crippen LogP contribution in [0.3, 0.4) is 0 Å². The van der Waals surface area contributed by atoms with Crippen molar-refractivity contribution in [3.63, 3.8) is 0 Å². The molecule has 1 aliphatic heterocycles. The Morgan fingerprint density at radius 3 is 2.25 bits per heavy atom. The van der Waals surface area contributed by atoms with Gasteiger partial charge < -0.3 is 19.1 Å². The van der Waals surface area contributed by atoms with Crippen LogP contribution < -0.4 is 0 Å². The first-order valence-corrected chi connectivity index (χ1v) is 12.4. The van der Waals surface area contributed by atoms with Crippen molar-refractivity contribution in [2.75, 3.05) is 46.4 Å². The molecule has 10 nitrogen and oxygen atoms in total. The van der Waals surface area contributed by atoms with Gasteiger partial charge in [-0.15, -0.1) is 0 Å². The number of aryl methyl sites for hydroxylation is 1. The molecule has 0 bridgehead atoms. The van der Waals surface area contributed by atoms with Gasteiger partial charge >= 0.3 is 5.97 Å². The third-order valence-electron chi connectivity index (χ3n) is 5.73. The van der Waals surface area contributed by atoms with E-state index in [0.717, 1.165) is 0 Å². The Balaban J connectivity index is 2.02. The highest BCUT2D eigenvalue weighted by Crippen LogP contribution is 2.21. The molecular weight excluding hydrogens is 436 g/mol. The first kappa shape index (κ1) is 25.9. The fourth-order valence-corrected chi connectivity index (χ4v) is 5.33. The monoisotopic (exact) mass is 470 g/mol. The van der Waals surface area contributed by atoms with Crippen LogP contribution in [0, 0.1) is 5.92 Å². The largest absolute Gasteiger partial charge is 0.466 e. The van der Waals surface area contributed by atoms with Gasteiger partial charge in [0.05, 0.1) is 19.1 Å². The van der Waals surface area contributed by atoms with E-state index in [2.05, 4.69) is 0 Å². The number of hydrogen-bond donors (Lipinski definition) is 0. The standard InChI is InChI=1S/C21H34N4O6S/c1-6-25(7-2)32(29,30)17-13-18(22(4)14-17)20(27)23(5)15-19(26)24-11-9-16(10-12-24)21(28)31-8-3/h13-14,16H,6-12,15H2,1-5H3. The lowest BCUT2D eigenvalue weighted by Crippen LogP contribution is -2.45. The van der Waals surface area contributed by atoms with Gasteiger partial charge in [0.25, 0.3) is 5.91 Å². The molecule has 32 heavy (non-hydrogen) atoms. The van der Waals surface area contributed by atoms with Gasteiger partial charge in [0.1, 0.15) is 10.6 Å². The molecule has 0 unspecified atom stereocenters. The molecule has 0 aliphatic carbocycles. The molecule has 2 rings (SSSR count). The predicted octanol–water partition coefficient (Wildman–Crippen LogP) is 0.929. The lowest BCUT2D eigenvalue weighted by atomic mass is 9.97. The van der Waals surface area contributed by atoms with E-state index in [0.29, 0.717) is 45.6 Å². The van der Waals surface area contributed by atoms with E-state index in [4.69, 9.17) is 4.74 Å². The van der Waals surface area contributed by atoms with E-state index in [9.17, 15) is 22.8 Å². The number of sulfonamides is 1. The second-order valence-electron chi connectivity index (χ2n) is 7.83. The number of rotatable bonds is 9. The quantitative estimate of drug-likeness (QED) is 0.497. The zero-order valence-corrected chi connectivity index (χ0v) is 20.4. The van der Waals surface area contributed by atoms with Gasteiger partial charge in [-0.3, -0.25) is 14.4 Å². The summed E-state index contributed by atoms with van der Waals surface area (Å²) in [5, 5.41) is 0. The van der Waals surface area contributed by atoms with E-state index >= 15 is 0 Å². The number of likely N-dealkylation sites (N-methyl/N-ethyl adjacent to an activating group) is 1. The number of ether oxygens (including phenoxy) is 1. The first-order valence-electron chi connectivity index (χ1n) is 10.9. The summed E-state index contributed by atoms with van der Waals surface area (Å²) in [6, 6.07) is 1.35. The Kier molecular flexibility index (Phi) is 8.85. The average molecular weight is 471 g/mol. The normalized spacial score (nSPS) is 15.1. The lowest BCUT2D eigenvalue weighted by molar-refractivity contribution is -0.151. The van der Waals surface area contributed by atoms with Gasteiger partial charge in [-0.1, -0.05) is 13.8 Å². The predicted molar refractivity (Wildman–Crippen MR) is 118 cm³/mol. The molecule has 11 heteroatoms. The second kappa shape index (κ2) is 11.0. The van der Waals surface area contributed by atoms with Crippen molar-refractivity contribution in [1.82, 2.24) is 18.7 Å². The van der Waals surface area contributed by atoms with Crippen LogP contribution in [0.1, 0.15) is 44.1 Å². The smallest absolute Gasteiger partial charge is 0.309 e. The fraction of sp³-hybridized carbons (Fsp3) is 0.667. The van der Waals surface area contributed by atoms with Gasteiger partial charge in [0.2, 0.25) is 15.9 Å². The number of nitrogens with zero attached hydrogens (tertiary/aromatic N) is 4. The summed E-state index contributed by atoms with van der Waals surface area (Å²) < 4.78 is 33.3. The highest BCUT2D eigenvalue weighted by Gasteiger charge is 2.30. The summed E-state index contributed by atoms with van der Waals surface area (Å²) in [7, 11) is -0.577. The third-order valence-corrected chi connectivity index (χ3v) is 7.74. The molecular formula is C21H34N4O6S. The molecule has 0 saturated carbocycles. The van der Waals surface area contributed by atoms with Crippen LogP contribution in [0.25, 0.3) is 0 Å². The van der Waals surface area contributed by atoms with Gasteiger partial charge in [-0.25, -0.2) is 8.42 Å². The summed E-state index contributed by atoms with van der Waals surface area (Å²) in [4.78, 5) is 40.4. The van der Waals surface area contributed by atoms with Crippen LogP contribution >= 0.6 is 0 Å². The molecule has 0 aromatic carbocycles. The van der Waals surface area contributed by atoms with E-state index in [1.54, 1.807) is 32.7 Å². The van der Waals surface area contributed by atoms with Crippen molar-refractivity contribution in [1.29, 1.82) is 0 Å².